The molecule has 1 heteroatoms. The maximum absolute atomic E-state index is 5.66. The lowest BCUT2D eigenvalue weighted by Crippen LogP contribution is -2.03. The average Bonchev–Trinajstić information content (AvgIpc) is 2.03. The third kappa shape index (κ3) is 1.97. The molecule has 0 saturated carbocycles. The van der Waals surface area contributed by atoms with Gasteiger partial charge in [-0.25, -0.2) is 0 Å². The lowest BCUT2D eigenvalue weighted by atomic mass is 9.91. The van der Waals surface area contributed by atoms with Crippen LogP contribution >= 0.6 is 0 Å². The quantitative estimate of drug-likeness (QED) is 0.551. The first kappa shape index (κ1) is 8.12. The molecule has 0 unspecified atom stereocenters. The smallest absolute Gasteiger partial charge is 0.0985 e. The molecular formula is C10H11B. The second-order valence-electron chi connectivity index (χ2n) is 2.57. The van der Waals surface area contributed by atoms with Crippen LogP contribution in [0, 0.1) is 0 Å². The SMILES string of the molecule is [B]c1cc(C=C)cc(CC)c1. The second kappa shape index (κ2) is 3.43. The zero-order valence-electron chi connectivity index (χ0n) is 6.80. The summed E-state index contributed by atoms with van der Waals surface area (Å²) in [6.07, 6.45) is 2.83. The first-order valence-electron chi connectivity index (χ1n) is 3.78. The molecule has 0 heterocycles. The minimum Gasteiger partial charge on any atom is -0.0985 e. The number of hydrogen-bond acceptors (Lipinski definition) is 0. The van der Waals surface area contributed by atoms with Crippen molar-refractivity contribution in [1.82, 2.24) is 0 Å². The van der Waals surface area contributed by atoms with E-state index in [0.717, 1.165) is 17.4 Å². The van der Waals surface area contributed by atoms with Gasteiger partial charge in [-0.15, -0.1) is 0 Å². The van der Waals surface area contributed by atoms with Crippen LogP contribution in [0.5, 0.6) is 0 Å². The van der Waals surface area contributed by atoms with Crippen LogP contribution < -0.4 is 5.46 Å². The fraction of sp³-hybridized carbons (Fsp3) is 0.200. The lowest BCUT2D eigenvalue weighted by Gasteiger charge is -2.01. The normalized spacial score (nSPS) is 9.55. The van der Waals surface area contributed by atoms with Gasteiger partial charge in [-0.05, 0) is 17.5 Å². The Balaban J connectivity index is 3.11. The second-order valence-corrected chi connectivity index (χ2v) is 2.57. The van der Waals surface area contributed by atoms with Gasteiger partial charge in [0.25, 0.3) is 0 Å². The van der Waals surface area contributed by atoms with Crippen molar-refractivity contribution in [2.24, 2.45) is 0 Å². The van der Waals surface area contributed by atoms with Crippen LogP contribution in [0.15, 0.2) is 24.8 Å². The molecule has 54 valence electrons. The van der Waals surface area contributed by atoms with E-state index >= 15 is 0 Å². The van der Waals surface area contributed by atoms with Crippen LogP contribution in [-0.4, -0.2) is 7.85 Å². The van der Waals surface area contributed by atoms with Gasteiger partial charge < -0.3 is 0 Å². The van der Waals surface area contributed by atoms with Crippen LogP contribution in [0.3, 0.4) is 0 Å². The van der Waals surface area contributed by atoms with Gasteiger partial charge in [-0.3, -0.25) is 0 Å². The Kier molecular flexibility index (Phi) is 2.53. The van der Waals surface area contributed by atoms with E-state index in [0.29, 0.717) is 0 Å². The van der Waals surface area contributed by atoms with Gasteiger partial charge in [0.05, 0.1) is 0 Å². The number of rotatable bonds is 2. The van der Waals surface area contributed by atoms with Gasteiger partial charge in [-0.1, -0.05) is 43.2 Å². The fourth-order valence-electron chi connectivity index (χ4n) is 1.07. The molecule has 2 radical (unpaired) electrons. The van der Waals surface area contributed by atoms with Gasteiger partial charge in [0.2, 0.25) is 0 Å². The Morgan fingerprint density at radius 1 is 1.45 bits per heavy atom. The summed E-state index contributed by atoms with van der Waals surface area (Å²) < 4.78 is 0. The van der Waals surface area contributed by atoms with Crippen molar-refractivity contribution in [3.63, 3.8) is 0 Å². The van der Waals surface area contributed by atoms with Crippen LogP contribution in [0.4, 0.5) is 0 Å². The summed E-state index contributed by atoms with van der Waals surface area (Å²) in [4.78, 5) is 0. The number of benzene rings is 1. The topological polar surface area (TPSA) is 0 Å². The molecule has 0 N–H and O–H groups in total. The maximum Gasteiger partial charge on any atom is 0.113 e. The maximum atomic E-state index is 5.66. The predicted molar refractivity (Wildman–Crippen MR) is 51.3 cm³/mol. The standard InChI is InChI=1S/C10H11B/c1-3-8-5-9(4-2)7-10(11)6-8/h3,5-7H,1,4H2,2H3. The minimum absolute atomic E-state index is 0.819. The molecule has 0 nitrogen and oxygen atoms in total. The molecular weight excluding hydrogens is 131 g/mol. The zero-order chi connectivity index (χ0) is 8.27. The summed E-state index contributed by atoms with van der Waals surface area (Å²) in [5.74, 6) is 0. The molecule has 0 bridgehead atoms. The van der Waals surface area contributed by atoms with E-state index in [1.807, 2.05) is 18.2 Å². The van der Waals surface area contributed by atoms with E-state index in [1.165, 1.54) is 5.56 Å². The largest absolute Gasteiger partial charge is 0.113 e. The number of aryl methyl sites for hydroxylation is 1. The predicted octanol–water partition coefficient (Wildman–Crippen LogP) is 1.69. The molecule has 1 aromatic carbocycles. The van der Waals surface area contributed by atoms with Crippen molar-refractivity contribution in [3.05, 3.63) is 35.9 Å². The Labute approximate surface area is 69.4 Å². The lowest BCUT2D eigenvalue weighted by molar-refractivity contribution is 1.14. The molecule has 0 amide bonds. The highest BCUT2D eigenvalue weighted by Crippen LogP contribution is 2.04. The van der Waals surface area contributed by atoms with E-state index in [-0.39, 0.29) is 0 Å². The van der Waals surface area contributed by atoms with Gasteiger partial charge in [-0.2, -0.15) is 0 Å². The monoisotopic (exact) mass is 142 g/mol. The molecule has 0 saturated heterocycles. The van der Waals surface area contributed by atoms with E-state index < -0.39 is 0 Å². The van der Waals surface area contributed by atoms with Gasteiger partial charge in [0.1, 0.15) is 7.85 Å². The summed E-state index contributed by atoms with van der Waals surface area (Å²) >= 11 is 0. The molecule has 0 aliphatic carbocycles. The highest BCUT2D eigenvalue weighted by Gasteiger charge is 1.92. The molecule has 0 spiro atoms. The van der Waals surface area contributed by atoms with Crippen molar-refractivity contribution >= 4 is 19.4 Å². The van der Waals surface area contributed by atoms with E-state index in [1.54, 1.807) is 0 Å². The highest BCUT2D eigenvalue weighted by atomic mass is 14.0. The van der Waals surface area contributed by atoms with E-state index in [9.17, 15) is 0 Å². The average molecular weight is 142 g/mol. The highest BCUT2D eigenvalue weighted by molar-refractivity contribution is 6.32. The van der Waals surface area contributed by atoms with Crippen molar-refractivity contribution < 1.29 is 0 Å². The summed E-state index contributed by atoms with van der Waals surface area (Å²) in [6.45, 7) is 5.80. The van der Waals surface area contributed by atoms with Crippen molar-refractivity contribution in [3.8, 4) is 0 Å². The van der Waals surface area contributed by atoms with Crippen LogP contribution in [0.1, 0.15) is 18.1 Å². The molecule has 0 aliphatic rings. The fourth-order valence-corrected chi connectivity index (χ4v) is 1.07. The third-order valence-electron chi connectivity index (χ3n) is 1.68. The van der Waals surface area contributed by atoms with Crippen molar-refractivity contribution in [1.29, 1.82) is 0 Å². The Morgan fingerprint density at radius 2 is 2.18 bits per heavy atom. The molecule has 0 fully saturated rings. The van der Waals surface area contributed by atoms with E-state index in [4.69, 9.17) is 7.85 Å². The molecule has 1 rings (SSSR count). The van der Waals surface area contributed by atoms with Crippen molar-refractivity contribution in [2.75, 3.05) is 0 Å². The molecule has 1 aromatic rings. The molecule has 0 aliphatic heterocycles. The summed E-state index contributed by atoms with van der Waals surface area (Å²) in [6, 6.07) is 6.02. The molecule has 0 atom stereocenters. The Bertz CT molecular complexity index is 264. The van der Waals surface area contributed by atoms with Gasteiger partial charge in [0.15, 0.2) is 0 Å². The number of hydrogen-bond donors (Lipinski definition) is 0. The first-order valence-corrected chi connectivity index (χ1v) is 3.78. The van der Waals surface area contributed by atoms with Crippen LogP contribution in [0.25, 0.3) is 6.08 Å². The summed E-state index contributed by atoms with van der Waals surface area (Å²) in [7, 11) is 5.66. The third-order valence-corrected chi connectivity index (χ3v) is 1.68. The summed E-state index contributed by atoms with van der Waals surface area (Å²) in [5, 5.41) is 0. The van der Waals surface area contributed by atoms with E-state index in [2.05, 4.69) is 19.6 Å². The first-order chi connectivity index (χ1) is 5.26. The minimum atomic E-state index is 0.819. The Hall–Kier alpha value is -0.975. The molecule has 0 aromatic heterocycles. The Morgan fingerprint density at radius 3 is 2.73 bits per heavy atom. The summed E-state index contributed by atoms with van der Waals surface area (Å²) in [5.41, 5.74) is 3.18. The van der Waals surface area contributed by atoms with Crippen molar-refractivity contribution in [2.45, 2.75) is 13.3 Å². The van der Waals surface area contributed by atoms with Gasteiger partial charge in [0, 0.05) is 0 Å². The van der Waals surface area contributed by atoms with Crippen LogP contribution in [0.2, 0.25) is 0 Å². The van der Waals surface area contributed by atoms with Gasteiger partial charge >= 0.3 is 0 Å². The molecule has 11 heavy (non-hydrogen) atoms. The van der Waals surface area contributed by atoms with Crippen LogP contribution in [-0.2, 0) is 6.42 Å². The zero-order valence-corrected chi connectivity index (χ0v) is 6.80.